The Morgan fingerprint density at radius 1 is 1.07 bits per heavy atom. The van der Waals surface area contributed by atoms with E-state index in [9.17, 15) is 4.79 Å². The van der Waals surface area contributed by atoms with Crippen LogP contribution in [0.5, 0.6) is 11.5 Å². The van der Waals surface area contributed by atoms with E-state index in [4.69, 9.17) is 9.47 Å². The SMILES string of the molecule is COc1cc(/C=C/C(=O)Nc2cc(C)cc(C)c2)ccc1OCCC(C)C. The average molecular weight is 367 g/mol. The van der Waals surface area contributed by atoms with Gasteiger partial charge in [-0.05, 0) is 73.2 Å². The van der Waals surface area contributed by atoms with Crippen molar-refractivity contribution in [3.63, 3.8) is 0 Å². The predicted molar refractivity (Wildman–Crippen MR) is 112 cm³/mol. The minimum absolute atomic E-state index is 0.170. The van der Waals surface area contributed by atoms with Crippen molar-refractivity contribution in [2.24, 2.45) is 5.92 Å². The molecule has 4 heteroatoms. The van der Waals surface area contributed by atoms with Gasteiger partial charge in [0.25, 0.3) is 0 Å². The standard InChI is InChI=1S/C23H29NO3/c1-16(2)10-11-27-21-8-6-19(15-22(21)26-5)7-9-23(25)24-20-13-17(3)12-18(4)14-20/h6-9,12-16H,10-11H2,1-5H3,(H,24,25)/b9-7+. The Bertz CT molecular complexity index is 789. The summed E-state index contributed by atoms with van der Waals surface area (Å²) >= 11 is 0. The molecule has 0 aliphatic carbocycles. The summed E-state index contributed by atoms with van der Waals surface area (Å²) in [6.07, 6.45) is 4.27. The van der Waals surface area contributed by atoms with Gasteiger partial charge in [0.15, 0.2) is 11.5 Å². The number of hydrogen-bond acceptors (Lipinski definition) is 3. The van der Waals surface area contributed by atoms with Crippen LogP contribution >= 0.6 is 0 Å². The quantitative estimate of drug-likeness (QED) is 0.637. The first kappa shape index (κ1) is 20.6. The number of hydrogen-bond donors (Lipinski definition) is 1. The van der Waals surface area contributed by atoms with Crippen molar-refractivity contribution in [1.82, 2.24) is 0 Å². The third-order valence-electron chi connectivity index (χ3n) is 4.06. The van der Waals surface area contributed by atoms with E-state index in [0.29, 0.717) is 18.3 Å². The number of methoxy groups -OCH3 is 1. The summed E-state index contributed by atoms with van der Waals surface area (Å²) in [6, 6.07) is 11.6. The van der Waals surface area contributed by atoms with Crippen molar-refractivity contribution in [2.45, 2.75) is 34.1 Å². The zero-order valence-corrected chi connectivity index (χ0v) is 16.8. The molecule has 0 saturated carbocycles. The van der Waals surface area contributed by atoms with E-state index in [-0.39, 0.29) is 5.91 Å². The molecule has 0 aliphatic rings. The van der Waals surface area contributed by atoms with Crippen molar-refractivity contribution in [3.8, 4) is 11.5 Å². The molecule has 144 valence electrons. The predicted octanol–water partition coefficient (Wildman–Crippen LogP) is 5.39. The summed E-state index contributed by atoms with van der Waals surface area (Å²) in [5.41, 5.74) is 3.91. The van der Waals surface area contributed by atoms with Crippen molar-refractivity contribution in [2.75, 3.05) is 19.0 Å². The van der Waals surface area contributed by atoms with E-state index < -0.39 is 0 Å². The highest BCUT2D eigenvalue weighted by Crippen LogP contribution is 2.29. The van der Waals surface area contributed by atoms with Crippen molar-refractivity contribution < 1.29 is 14.3 Å². The molecule has 0 fully saturated rings. The van der Waals surface area contributed by atoms with Gasteiger partial charge in [0, 0.05) is 11.8 Å². The number of anilines is 1. The molecule has 0 atom stereocenters. The van der Waals surface area contributed by atoms with Gasteiger partial charge in [-0.15, -0.1) is 0 Å². The first-order valence-corrected chi connectivity index (χ1v) is 9.25. The largest absolute Gasteiger partial charge is 0.493 e. The maximum atomic E-state index is 12.2. The van der Waals surface area contributed by atoms with Crippen LogP contribution in [0, 0.1) is 19.8 Å². The maximum absolute atomic E-state index is 12.2. The van der Waals surface area contributed by atoms with Gasteiger partial charge in [0.2, 0.25) is 5.91 Å². The number of amides is 1. The van der Waals surface area contributed by atoms with Crippen LogP contribution in [-0.4, -0.2) is 19.6 Å². The fourth-order valence-corrected chi connectivity index (χ4v) is 2.71. The summed E-state index contributed by atoms with van der Waals surface area (Å²) in [5.74, 6) is 1.80. The van der Waals surface area contributed by atoms with Crippen LogP contribution in [0.25, 0.3) is 6.08 Å². The van der Waals surface area contributed by atoms with Crippen LogP contribution in [-0.2, 0) is 4.79 Å². The fraction of sp³-hybridized carbons (Fsp3) is 0.348. The smallest absolute Gasteiger partial charge is 0.248 e. The summed E-state index contributed by atoms with van der Waals surface area (Å²) in [7, 11) is 1.62. The van der Waals surface area contributed by atoms with Gasteiger partial charge in [0.1, 0.15) is 0 Å². The molecule has 1 amide bonds. The van der Waals surface area contributed by atoms with E-state index in [2.05, 4.69) is 25.2 Å². The topological polar surface area (TPSA) is 47.6 Å². The first-order chi connectivity index (χ1) is 12.9. The molecule has 0 unspecified atom stereocenters. The second-order valence-corrected chi connectivity index (χ2v) is 7.14. The van der Waals surface area contributed by atoms with E-state index in [1.807, 2.05) is 44.2 Å². The van der Waals surface area contributed by atoms with Crippen LogP contribution in [0.3, 0.4) is 0 Å². The molecule has 0 saturated heterocycles. The molecule has 2 rings (SSSR count). The molecule has 27 heavy (non-hydrogen) atoms. The molecular weight excluding hydrogens is 338 g/mol. The van der Waals surface area contributed by atoms with E-state index in [0.717, 1.165) is 34.5 Å². The van der Waals surface area contributed by atoms with E-state index in [1.54, 1.807) is 13.2 Å². The van der Waals surface area contributed by atoms with Crippen LogP contribution in [0.15, 0.2) is 42.5 Å². The lowest BCUT2D eigenvalue weighted by molar-refractivity contribution is -0.111. The molecule has 0 spiro atoms. The summed E-state index contributed by atoms with van der Waals surface area (Å²) in [5, 5.41) is 2.89. The van der Waals surface area contributed by atoms with Gasteiger partial charge in [-0.2, -0.15) is 0 Å². The monoisotopic (exact) mass is 367 g/mol. The summed E-state index contributed by atoms with van der Waals surface area (Å²) in [6.45, 7) is 9.00. The number of aryl methyl sites for hydroxylation is 2. The third kappa shape index (κ3) is 6.81. The van der Waals surface area contributed by atoms with E-state index >= 15 is 0 Å². The lowest BCUT2D eigenvalue weighted by Crippen LogP contribution is -2.08. The highest BCUT2D eigenvalue weighted by molar-refractivity contribution is 6.02. The first-order valence-electron chi connectivity index (χ1n) is 9.25. The zero-order valence-electron chi connectivity index (χ0n) is 16.8. The van der Waals surface area contributed by atoms with Crippen LogP contribution in [0.1, 0.15) is 37.0 Å². The molecule has 4 nitrogen and oxygen atoms in total. The minimum atomic E-state index is -0.170. The molecule has 0 radical (unpaired) electrons. The zero-order chi connectivity index (χ0) is 19.8. The lowest BCUT2D eigenvalue weighted by Gasteiger charge is -2.12. The Hall–Kier alpha value is -2.75. The molecule has 0 bridgehead atoms. The van der Waals surface area contributed by atoms with Crippen LogP contribution < -0.4 is 14.8 Å². The Morgan fingerprint density at radius 3 is 2.41 bits per heavy atom. The van der Waals surface area contributed by atoms with Gasteiger partial charge in [-0.3, -0.25) is 4.79 Å². The van der Waals surface area contributed by atoms with Crippen molar-refractivity contribution >= 4 is 17.7 Å². The Labute approximate surface area is 162 Å². The van der Waals surface area contributed by atoms with Gasteiger partial charge >= 0.3 is 0 Å². The molecule has 0 aliphatic heterocycles. The molecule has 2 aromatic rings. The van der Waals surface area contributed by atoms with Gasteiger partial charge in [-0.25, -0.2) is 0 Å². The van der Waals surface area contributed by atoms with Crippen LogP contribution in [0.2, 0.25) is 0 Å². The Kier molecular flexibility index (Phi) is 7.47. The molecule has 0 heterocycles. The highest BCUT2D eigenvalue weighted by Gasteiger charge is 2.06. The van der Waals surface area contributed by atoms with Crippen molar-refractivity contribution in [3.05, 3.63) is 59.2 Å². The normalized spacial score (nSPS) is 11.0. The molecule has 2 aromatic carbocycles. The number of ether oxygens (including phenoxy) is 2. The van der Waals surface area contributed by atoms with E-state index in [1.165, 1.54) is 6.08 Å². The molecule has 0 aromatic heterocycles. The van der Waals surface area contributed by atoms with Crippen molar-refractivity contribution in [1.29, 1.82) is 0 Å². The second kappa shape index (κ2) is 9.81. The highest BCUT2D eigenvalue weighted by atomic mass is 16.5. The lowest BCUT2D eigenvalue weighted by atomic mass is 10.1. The van der Waals surface area contributed by atoms with Gasteiger partial charge in [0.05, 0.1) is 13.7 Å². The maximum Gasteiger partial charge on any atom is 0.248 e. The number of rotatable bonds is 8. The fourth-order valence-electron chi connectivity index (χ4n) is 2.71. The number of nitrogens with one attached hydrogen (secondary N) is 1. The molecular formula is C23H29NO3. The van der Waals surface area contributed by atoms with Gasteiger partial charge in [-0.1, -0.05) is 26.0 Å². The Balaban J connectivity index is 2.01. The second-order valence-electron chi connectivity index (χ2n) is 7.14. The number of carbonyl (C=O) groups is 1. The van der Waals surface area contributed by atoms with Crippen LogP contribution in [0.4, 0.5) is 5.69 Å². The summed E-state index contributed by atoms with van der Waals surface area (Å²) in [4.78, 5) is 12.2. The number of carbonyl (C=O) groups excluding carboxylic acids is 1. The third-order valence-corrected chi connectivity index (χ3v) is 4.06. The van der Waals surface area contributed by atoms with Gasteiger partial charge < -0.3 is 14.8 Å². The Morgan fingerprint density at radius 2 is 1.78 bits per heavy atom. The average Bonchev–Trinajstić information content (AvgIpc) is 2.59. The number of benzene rings is 2. The molecule has 1 N–H and O–H groups in total. The summed E-state index contributed by atoms with van der Waals surface area (Å²) < 4.78 is 11.2. The minimum Gasteiger partial charge on any atom is -0.493 e.